The molecular formula is C23H32O3. The maximum atomic E-state index is 13.4. The molecule has 0 N–H and O–H groups in total. The Balaban J connectivity index is 1.66. The summed E-state index contributed by atoms with van der Waals surface area (Å²) in [6.07, 6.45) is 9.11. The van der Waals surface area contributed by atoms with Gasteiger partial charge in [-0.15, -0.1) is 0 Å². The minimum absolute atomic E-state index is 0.0571. The lowest BCUT2D eigenvalue weighted by molar-refractivity contribution is -0.149. The Labute approximate surface area is 157 Å². The third-order valence-corrected chi connectivity index (χ3v) is 8.27. The molecule has 26 heavy (non-hydrogen) atoms. The Morgan fingerprint density at radius 2 is 2.00 bits per heavy atom. The molecule has 142 valence electrons. The quantitative estimate of drug-likeness (QED) is 0.668. The van der Waals surface area contributed by atoms with Crippen molar-refractivity contribution in [3.63, 3.8) is 0 Å². The molecule has 3 heteroatoms. The normalized spacial score (nSPS) is 44.7. The van der Waals surface area contributed by atoms with Crippen LogP contribution in [0.25, 0.3) is 0 Å². The Morgan fingerprint density at radius 3 is 2.73 bits per heavy atom. The van der Waals surface area contributed by atoms with Crippen LogP contribution in [0.5, 0.6) is 0 Å². The molecule has 0 aromatic heterocycles. The van der Waals surface area contributed by atoms with Gasteiger partial charge >= 0.3 is 0 Å². The predicted octanol–water partition coefficient (Wildman–Crippen LogP) is 5.01. The van der Waals surface area contributed by atoms with Crippen LogP contribution in [-0.4, -0.2) is 17.7 Å². The van der Waals surface area contributed by atoms with E-state index in [9.17, 15) is 9.59 Å². The molecule has 0 bridgehead atoms. The molecule has 4 aliphatic carbocycles. The minimum Gasteiger partial charge on any atom is -0.495 e. The van der Waals surface area contributed by atoms with Crippen molar-refractivity contribution in [2.45, 2.75) is 78.2 Å². The van der Waals surface area contributed by atoms with Crippen LogP contribution in [-0.2, 0) is 14.3 Å². The molecule has 0 radical (unpaired) electrons. The zero-order valence-corrected chi connectivity index (χ0v) is 16.5. The van der Waals surface area contributed by atoms with E-state index in [0.29, 0.717) is 30.5 Å². The smallest absolute Gasteiger partial charge is 0.155 e. The lowest BCUT2D eigenvalue weighted by atomic mass is 9.47. The fraction of sp³-hybridized carbons (Fsp3) is 0.739. The van der Waals surface area contributed by atoms with Crippen LogP contribution >= 0.6 is 0 Å². The van der Waals surface area contributed by atoms with Crippen molar-refractivity contribution in [1.82, 2.24) is 0 Å². The van der Waals surface area contributed by atoms with Crippen LogP contribution in [0.2, 0.25) is 0 Å². The van der Waals surface area contributed by atoms with Crippen molar-refractivity contribution in [3.8, 4) is 0 Å². The van der Waals surface area contributed by atoms with Crippen LogP contribution in [0.4, 0.5) is 0 Å². The zero-order chi connectivity index (χ0) is 18.7. The highest BCUT2D eigenvalue weighted by Crippen LogP contribution is 2.64. The molecule has 4 rings (SSSR count). The second kappa shape index (κ2) is 6.07. The lowest BCUT2D eigenvalue weighted by Gasteiger charge is -2.56. The zero-order valence-electron chi connectivity index (χ0n) is 16.5. The van der Waals surface area contributed by atoms with Crippen molar-refractivity contribution in [2.75, 3.05) is 0 Å². The minimum atomic E-state index is -0.0960. The Morgan fingerprint density at radius 1 is 1.23 bits per heavy atom. The highest BCUT2D eigenvalue weighted by Gasteiger charge is 2.62. The summed E-state index contributed by atoms with van der Waals surface area (Å²) in [7, 11) is 0. The Hall–Kier alpha value is -1.38. The van der Waals surface area contributed by atoms with Gasteiger partial charge in [-0.05, 0) is 55.4 Å². The first-order valence-electron chi connectivity index (χ1n) is 10.4. The van der Waals surface area contributed by atoms with Gasteiger partial charge in [0.25, 0.3) is 0 Å². The van der Waals surface area contributed by atoms with Crippen molar-refractivity contribution < 1.29 is 14.3 Å². The monoisotopic (exact) mass is 356 g/mol. The maximum absolute atomic E-state index is 13.4. The molecule has 3 unspecified atom stereocenters. The van der Waals surface area contributed by atoms with E-state index < -0.39 is 0 Å². The van der Waals surface area contributed by atoms with E-state index in [1.54, 1.807) is 0 Å². The highest BCUT2D eigenvalue weighted by atomic mass is 16.5. The number of carbonyl (C=O) groups is 2. The molecule has 0 heterocycles. The van der Waals surface area contributed by atoms with E-state index in [1.807, 2.05) is 6.08 Å². The number of Topliss-reactive ketones (excluding diaryl/α,β-unsaturated/α-hetero) is 1. The number of hydrogen-bond acceptors (Lipinski definition) is 3. The molecule has 0 aliphatic heterocycles. The summed E-state index contributed by atoms with van der Waals surface area (Å²) in [4.78, 5) is 25.4. The van der Waals surface area contributed by atoms with Crippen LogP contribution < -0.4 is 0 Å². The lowest BCUT2D eigenvalue weighted by Crippen LogP contribution is -2.55. The van der Waals surface area contributed by atoms with Gasteiger partial charge in [0.15, 0.2) is 5.78 Å². The molecule has 3 saturated carbocycles. The summed E-state index contributed by atoms with van der Waals surface area (Å²) in [5.41, 5.74) is 1.09. The van der Waals surface area contributed by atoms with Crippen molar-refractivity contribution in [2.24, 2.45) is 28.6 Å². The number of ketones is 2. The largest absolute Gasteiger partial charge is 0.495 e. The second-order valence-corrected chi connectivity index (χ2v) is 9.57. The van der Waals surface area contributed by atoms with Gasteiger partial charge in [-0.1, -0.05) is 32.9 Å². The van der Waals surface area contributed by atoms with Crippen LogP contribution in [0.1, 0.15) is 72.1 Å². The average molecular weight is 357 g/mol. The number of hydrogen-bond donors (Lipinski definition) is 0. The van der Waals surface area contributed by atoms with Crippen LogP contribution in [0.15, 0.2) is 24.0 Å². The standard InChI is InChI=1S/C23H32O3/c1-5-14(2)26-20-9-8-18-17-7-6-15-12-16(24)10-11-22(15,3)21(17)19(25)13-23(18,20)4/h12,17-18,20-21H,2,5-11,13H2,1,3-4H3/t17?,18?,20-,21?,22-,23-/m0/s1. The molecule has 3 nitrogen and oxygen atoms in total. The van der Waals surface area contributed by atoms with Gasteiger partial charge < -0.3 is 4.74 Å². The average Bonchev–Trinajstić information content (AvgIpc) is 2.91. The first-order valence-corrected chi connectivity index (χ1v) is 10.4. The van der Waals surface area contributed by atoms with Crippen molar-refractivity contribution in [1.29, 1.82) is 0 Å². The molecule has 3 fully saturated rings. The van der Waals surface area contributed by atoms with E-state index in [1.165, 1.54) is 5.57 Å². The molecule has 0 spiro atoms. The fourth-order valence-electron chi connectivity index (χ4n) is 6.82. The third-order valence-electron chi connectivity index (χ3n) is 8.27. The van der Waals surface area contributed by atoms with Crippen LogP contribution in [0, 0.1) is 28.6 Å². The van der Waals surface area contributed by atoms with E-state index in [2.05, 4.69) is 27.4 Å². The van der Waals surface area contributed by atoms with E-state index >= 15 is 0 Å². The number of allylic oxidation sites excluding steroid dienone is 2. The third kappa shape index (κ3) is 2.46. The van der Waals surface area contributed by atoms with E-state index in [0.717, 1.165) is 44.3 Å². The Bertz CT molecular complexity index is 690. The highest BCUT2D eigenvalue weighted by molar-refractivity contribution is 5.93. The number of fused-ring (bicyclic) bond motifs is 5. The molecule has 6 atom stereocenters. The predicted molar refractivity (Wildman–Crippen MR) is 101 cm³/mol. The van der Waals surface area contributed by atoms with Crippen molar-refractivity contribution in [3.05, 3.63) is 24.0 Å². The molecule has 0 aromatic carbocycles. The van der Waals surface area contributed by atoms with Crippen LogP contribution in [0.3, 0.4) is 0 Å². The number of rotatable bonds is 3. The van der Waals surface area contributed by atoms with Gasteiger partial charge in [0.05, 0.1) is 5.76 Å². The van der Waals surface area contributed by atoms with Crippen molar-refractivity contribution >= 4 is 11.6 Å². The summed E-state index contributed by atoms with van der Waals surface area (Å²) >= 11 is 0. The SMILES string of the molecule is C=C(CC)O[C@H]1CCC2C3CCC4=CC(=O)CC[C@]4(C)C3C(=O)C[C@@]21C. The van der Waals surface area contributed by atoms with E-state index in [-0.39, 0.29) is 28.6 Å². The van der Waals surface area contributed by atoms with Gasteiger partial charge in [0, 0.05) is 30.6 Å². The number of carbonyl (C=O) groups excluding carboxylic acids is 2. The summed E-state index contributed by atoms with van der Waals surface area (Å²) < 4.78 is 6.20. The van der Waals surface area contributed by atoms with E-state index in [4.69, 9.17) is 4.74 Å². The van der Waals surface area contributed by atoms with Gasteiger partial charge in [-0.2, -0.15) is 0 Å². The topological polar surface area (TPSA) is 43.4 Å². The summed E-state index contributed by atoms with van der Waals surface area (Å²) in [6, 6.07) is 0. The first-order chi connectivity index (χ1) is 12.3. The summed E-state index contributed by atoms with van der Waals surface area (Å²) in [6.45, 7) is 10.6. The molecule has 0 amide bonds. The molecule has 0 saturated heterocycles. The van der Waals surface area contributed by atoms with Gasteiger partial charge in [-0.3, -0.25) is 9.59 Å². The summed E-state index contributed by atoms with van der Waals surface area (Å²) in [5.74, 6) is 2.60. The first kappa shape index (κ1) is 18.0. The summed E-state index contributed by atoms with van der Waals surface area (Å²) in [5, 5.41) is 0. The van der Waals surface area contributed by atoms with Gasteiger partial charge in [-0.25, -0.2) is 0 Å². The number of ether oxygens (including phenoxy) is 1. The van der Waals surface area contributed by atoms with Gasteiger partial charge in [0.1, 0.15) is 11.9 Å². The fourth-order valence-corrected chi connectivity index (χ4v) is 6.82. The Kier molecular flexibility index (Phi) is 4.20. The molecule has 4 aliphatic rings. The maximum Gasteiger partial charge on any atom is 0.155 e. The molecular weight excluding hydrogens is 324 g/mol. The second-order valence-electron chi connectivity index (χ2n) is 9.57. The van der Waals surface area contributed by atoms with Gasteiger partial charge in [0.2, 0.25) is 0 Å². The molecule has 0 aromatic rings.